The third-order valence-corrected chi connectivity index (χ3v) is 5.78. The van der Waals surface area contributed by atoms with Crippen molar-refractivity contribution in [3.05, 3.63) is 35.4 Å². The molecule has 0 aliphatic carbocycles. The molecule has 4 nitrogen and oxygen atoms in total. The molecule has 2 amide bonds. The van der Waals surface area contributed by atoms with Crippen molar-refractivity contribution in [2.45, 2.75) is 50.6 Å². The van der Waals surface area contributed by atoms with E-state index in [2.05, 4.69) is 36.1 Å². The van der Waals surface area contributed by atoms with Crippen LogP contribution in [0.15, 0.2) is 24.3 Å². The minimum atomic E-state index is 0.253. The van der Waals surface area contributed by atoms with Crippen LogP contribution in [-0.4, -0.2) is 54.2 Å². The Hall–Kier alpha value is -1.55. The molecule has 0 N–H and O–H groups in total. The van der Waals surface area contributed by atoms with E-state index in [1.807, 2.05) is 4.90 Å². The van der Waals surface area contributed by atoms with Crippen molar-refractivity contribution in [1.29, 1.82) is 0 Å². The zero-order valence-corrected chi connectivity index (χ0v) is 13.9. The van der Waals surface area contributed by atoms with Gasteiger partial charge in [-0.3, -0.25) is 0 Å². The number of morpholine rings is 1. The molecule has 0 saturated carbocycles. The lowest BCUT2D eigenvalue weighted by atomic mass is 9.85. The highest BCUT2D eigenvalue weighted by molar-refractivity contribution is 5.76. The van der Waals surface area contributed by atoms with Gasteiger partial charge in [0.05, 0.1) is 13.2 Å². The lowest BCUT2D eigenvalue weighted by molar-refractivity contribution is 0.0331. The Morgan fingerprint density at radius 3 is 2.26 bits per heavy atom. The largest absolute Gasteiger partial charge is 0.378 e. The van der Waals surface area contributed by atoms with Gasteiger partial charge in [-0.05, 0) is 44.1 Å². The summed E-state index contributed by atoms with van der Waals surface area (Å²) in [5.41, 5.74) is 2.77. The second kappa shape index (κ2) is 6.16. The van der Waals surface area contributed by atoms with Crippen LogP contribution in [-0.2, 0) is 4.74 Å². The number of piperidine rings is 1. The van der Waals surface area contributed by atoms with Crippen LogP contribution in [0.5, 0.6) is 0 Å². The lowest BCUT2D eigenvalue weighted by Crippen LogP contribution is -2.54. The minimum Gasteiger partial charge on any atom is -0.378 e. The fourth-order valence-corrected chi connectivity index (χ4v) is 4.52. The van der Waals surface area contributed by atoms with Crippen molar-refractivity contribution in [1.82, 2.24) is 9.80 Å². The number of carbonyl (C=O) groups excluding carboxylic acids is 1. The standard InChI is InChI=1S/C19H26N2O2/c1-14-2-4-15(5-3-14)16-12-17-6-7-18(13-16)21(17)19(22)20-8-10-23-11-9-20/h2-5,16-18H,6-13H2,1H3/t16?,17-,18+. The van der Waals surface area contributed by atoms with E-state index in [1.54, 1.807) is 0 Å². The molecule has 4 rings (SSSR count). The van der Waals surface area contributed by atoms with E-state index in [0.717, 1.165) is 25.9 Å². The molecule has 0 spiro atoms. The molecule has 3 atom stereocenters. The Bertz CT molecular complexity index is 551. The van der Waals surface area contributed by atoms with Crippen LogP contribution >= 0.6 is 0 Å². The number of nitrogens with zero attached hydrogens (tertiary/aromatic N) is 2. The summed E-state index contributed by atoms with van der Waals surface area (Å²) in [4.78, 5) is 17.1. The van der Waals surface area contributed by atoms with Gasteiger partial charge in [0, 0.05) is 25.2 Å². The molecule has 1 aromatic carbocycles. The molecule has 3 aliphatic rings. The van der Waals surface area contributed by atoms with E-state index < -0.39 is 0 Å². The van der Waals surface area contributed by atoms with E-state index in [1.165, 1.54) is 24.0 Å². The number of carbonyl (C=O) groups is 1. The Morgan fingerprint density at radius 1 is 1.04 bits per heavy atom. The van der Waals surface area contributed by atoms with Crippen molar-refractivity contribution >= 4 is 6.03 Å². The van der Waals surface area contributed by atoms with E-state index >= 15 is 0 Å². The van der Waals surface area contributed by atoms with Gasteiger partial charge in [0.15, 0.2) is 0 Å². The number of hydrogen-bond donors (Lipinski definition) is 0. The number of urea groups is 1. The topological polar surface area (TPSA) is 32.8 Å². The number of amides is 2. The smallest absolute Gasteiger partial charge is 0.320 e. The fourth-order valence-electron chi connectivity index (χ4n) is 4.52. The van der Waals surface area contributed by atoms with Gasteiger partial charge in [0.25, 0.3) is 0 Å². The number of fused-ring (bicyclic) bond motifs is 2. The minimum absolute atomic E-state index is 0.253. The average Bonchev–Trinajstić information content (AvgIpc) is 2.85. The van der Waals surface area contributed by atoms with Gasteiger partial charge in [-0.15, -0.1) is 0 Å². The van der Waals surface area contributed by atoms with E-state index in [9.17, 15) is 4.79 Å². The molecular formula is C19H26N2O2. The van der Waals surface area contributed by atoms with Crippen LogP contribution in [0.4, 0.5) is 4.79 Å². The molecule has 2 bridgehead atoms. The zero-order valence-electron chi connectivity index (χ0n) is 13.9. The molecule has 1 unspecified atom stereocenters. The first-order valence-electron chi connectivity index (χ1n) is 8.94. The molecular weight excluding hydrogens is 288 g/mol. The van der Waals surface area contributed by atoms with Crippen molar-refractivity contribution in [2.24, 2.45) is 0 Å². The summed E-state index contributed by atoms with van der Waals surface area (Å²) in [6.07, 6.45) is 4.58. The third kappa shape index (κ3) is 2.85. The van der Waals surface area contributed by atoms with Crippen LogP contribution in [0.3, 0.4) is 0 Å². The monoisotopic (exact) mass is 314 g/mol. The number of hydrogen-bond acceptors (Lipinski definition) is 2. The molecule has 1 aromatic rings. The Labute approximate surface area is 138 Å². The summed E-state index contributed by atoms with van der Waals surface area (Å²) < 4.78 is 5.38. The van der Waals surface area contributed by atoms with Gasteiger partial charge in [0.1, 0.15) is 0 Å². The van der Waals surface area contributed by atoms with Crippen molar-refractivity contribution in [2.75, 3.05) is 26.3 Å². The summed E-state index contributed by atoms with van der Waals surface area (Å²) >= 11 is 0. The molecule has 0 radical (unpaired) electrons. The highest BCUT2D eigenvalue weighted by Crippen LogP contribution is 2.43. The first kappa shape index (κ1) is 15.0. The Morgan fingerprint density at radius 2 is 1.65 bits per heavy atom. The van der Waals surface area contributed by atoms with Crippen molar-refractivity contribution in [3.8, 4) is 0 Å². The highest BCUT2D eigenvalue weighted by Gasteiger charge is 2.44. The molecule has 3 fully saturated rings. The first-order chi connectivity index (χ1) is 11.2. The number of benzene rings is 1. The lowest BCUT2D eigenvalue weighted by Gasteiger charge is -2.42. The van der Waals surface area contributed by atoms with Gasteiger partial charge in [-0.25, -0.2) is 4.79 Å². The second-order valence-electron chi connectivity index (χ2n) is 7.25. The van der Waals surface area contributed by atoms with E-state index in [4.69, 9.17) is 4.74 Å². The summed E-state index contributed by atoms with van der Waals surface area (Å²) in [6.45, 7) is 4.99. The van der Waals surface area contributed by atoms with Gasteiger partial charge in [-0.1, -0.05) is 29.8 Å². The fraction of sp³-hybridized carbons (Fsp3) is 0.632. The van der Waals surface area contributed by atoms with Gasteiger partial charge >= 0.3 is 6.03 Å². The third-order valence-electron chi connectivity index (χ3n) is 5.78. The molecule has 4 heteroatoms. The van der Waals surface area contributed by atoms with Crippen LogP contribution < -0.4 is 0 Å². The Balaban J connectivity index is 1.47. The molecule has 3 heterocycles. The average molecular weight is 314 g/mol. The van der Waals surface area contributed by atoms with E-state index in [0.29, 0.717) is 31.2 Å². The molecule has 124 valence electrons. The summed E-state index contributed by atoms with van der Waals surface area (Å²) in [7, 11) is 0. The van der Waals surface area contributed by atoms with Gasteiger partial charge in [0.2, 0.25) is 0 Å². The van der Waals surface area contributed by atoms with Gasteiger partial charge in [-0.2, -0.15) is 0 Å². The summed E-state index contributed by atoms with van der Waals surface area (Å²) in [6, 6.07) is 10.1. The summed E-state index contributed by atoms with van der Waals surface area (Å²) in [5.74, 6) is 0.613. The zero-order chi connectivity index (χ0) is 15.8. The van der Waals surface area contributed by atoms with Crippen LogP contribution in [0.1, 0.15) is 42.7 Å². The number of aryl methyl sites for hydroxylation is 1. The molecule has 23 heavy (non-hydrogen) atoms. The Kier molecular flexibility index (Phi) is 4.02. The molecule has 0 aromatic heterocycles. The van der Waals surface area contributed by atoms with Crippen LogP contribution in [0, 0.1) is 6.92 Å². The van der Waals surface area contributed by atoms with Crippen LogP contribution in [0.25, 0.3) is 0 Å². The van der Waals surface area contributed by atoms with E-state index in [-0.39, 0.29) is 6.03 Å². The summed E-state index contributed by atoms with van der Waals surface area (Å²) in [5, 5.41) is 0. The van der Waals surface area contributed by atoms with Gasteiger partial charge < -0.3 is 14.5 Å². The molecule has 3 aliphatic heterocycles. The predicted molar refractivity (Wildman–Crippen MR) is 89.6 cm³/mol. The maximum Gasteiger partial charge on any atom is 0.320 e. The number of rotatable bonds is 1. The maximum atomic E-state index is 12.9. The second-order valence-corrected chi connectivity index (χ2v) is 7.25. The SMILES string of the molecule is Cc1ccc(C2C[C@H]3CC[C@@H](C2)N3C(=O)N2CCOCC2)cc1. The number of ether oxygens (including phenoxy) is 1. The first-order valence-corrected chi connectivity index (χ1v) is 8.94. The van der Waals surface area contributed by atoms with Crippen LogP contribution in [0.2, 0.25) is 0 Å². The predicted octanol–water partition coefficient (Wildman–Crippen LogP) is 3.16. The molecule has 3 saturated heterocycles. The highest BCUT2D eigenvalue weighted by atomic mass is 16.5. The van der Waals surface area contributed by atoms with Crippen molar-refractivity contribution < 1.29 is 9.53 Å². The van der Waals surface area contributed by atoms with Crippen molar-refractivity contribution in [3.63, 3.8) is 0 Å². The quantitative estimate of drug-likeness (QED) is 0.797. The maximum absolute atomic E-state index is 12.9. The normalized spacial score (nSPS) is 30.6.